The maximum absolute atomic E-state index is 12.9. The molecule has 0 saturated heterocycles. The van der Waals surface area contributed by atoms with Crippen LogP contribution in [0.25, 0.3) is 11.3 Å². The predicted molar refractivity (Wildman–Crippen MR) is 85.0 cm³/mol. The summed E-state index contributed by atoms with van der Waals surface area (Å²) >= 11 is 1.63. The van der Waals surface area contributed by atoms with Gasteiger partial charge in [-0.3, -0.25) is 5.10 Å². The molecule has 6 heteroatoms. The van der Waals surface area contributed by atoms with E-state index in [2.05, 4.69) is 20.9 Å². The predicted octanol–water partition coefficient (Wildman–Crippen LogP) is 3.10. The van der Waals surface area contributed by atoms with Crippen LogP contribution in [0.15, 0.2) is 47.3 Å². The number of thiophene rings is 1. The quantitative estimate of drug-likeness (QED) is 0.655. The molecule has 0 spiro atoms. The fraction of sp³-hybridized carbons (Fsp3) is 0.188. The minimum atomic E-state index is -0.669. The van der Waals surface area contributed by atoms with Gasteiger partial charge < -0.3 is 10.4 Å². The van der Waals surface area contributed by atoms with E-state index in [1.165, 1.54) is 12.1 Å². The van der Waals surface area contributed by atoms with Crippen molar-refractivity contribution in [1.82, 2.24) is 15.5 Å². The Hall–Kier alpha value is -2.02. The Morgan fingerprint density at radius 3 is 2.82 bits per heavy atom. The van der Waals surface area contributed by atoms with Gasteiger partial charge in [0.2, 0.25) is 0 Å². The molecule has 0 amide bonds. The summed E-state index contributed by atoms with van der Waals surface area (Å²) in [4.78, 5) is 0. The van der Waals surface area contributed by atoms with Gasteiger partial charge in [0.1, 0.15) is 5.82 Å². The first kappa shape index (κ1) is 14.9. The lowest BCUT2D eigenvalue weighted by Gasteiger charge is -2.12. The van der Waals surface area contributed by atoms with Gasteiger partial charge in [0, 0.05) is 29.6 Å². The Morgan fingerprint density at radius 2 is 2.09 bits per heavy atom. The second-order valence-electron chi connectivity index (χ2n) is 4.98. The van der Waals surface area contributed by atoms with Crippen LogP contribution >= 0.6 is 11.3 Å². The number of nitrogens with one attached hydrogen (secondary N) is 2. The number of aliphatic hydroxyl groups excluding tert-OH is 1. The number of aliphatic hydroxyl groups is 1. The van der Waals surface area contributed by atoms with E-state index in [1.807, 2.05) is 11.4 Å². The van der Waals surface area contributed by atoms with Crippen LogP contribution in [0.2, 0.25) is 0 Å². The lowest BCUT2D eigenvalue weighted by atomic mass is 10.1. The van der Waals surface area contributed by atoms with Crippen LogP contribution in [0.4, 0.5) is 4.39 Å². The summed E-state index contributed by atoms with van der Waals surface area (Å²) in [5.74, 6) is -0.303. The van der Waals surface area contributed by atoms with Crippen LogP contribution in [0, 0.1) is 5.82 Å². The smallest absolute Gasteiger partial charge is 0.123 e. The van der Waals surface area contributed by atoms with Crippen molar-refractivity contribution < 1.29 is 9.50 Å². The largest absolute Gasteiger partial charge is 0.387 e. The van der Waals surface area contributed by atoms with Crippen molar-refractivity contribution in [2.75, 3.05) is 6.54 Å². The monoisotopic (exact) mass is 317 g/mol. The fourth-order valence-corrected chi connectivity index (χ4v) is 2.89. The standard InChI is InChI=1S/C16H16FN3OS/c17-14-3-1-11(2-4-14)15(21)9-18-7-13-8-19-20-16(13)12-5-6-22-10-12/h1-6,8,10,15,18,21H,7,9H2,(H,19,20)/t15-/m0/s1. The molecule has 2 aromatic heterocycles. The molecule has 3 N–H and O–H groups in total. The number of aromatic amines is 1. The van der Waals surface area contributed by atoms with Crippen LogP contribution in [0.3, 0.4) is 0 Å². The molecule has 114 valence electrons. The number of hydrogen-bond acceptors (Lipinski definition) is 4. The van der Waals surface area contributed by atoms with Crippen molar-refractivity contribution in [1.29, 1.82) is 0 Å². The van der Waals surface area contributed by atoms with Gasteiger partial charge >= 0.3 is 0 Å². The van der Waals surface area contributed by atoms with Gasteiger partial charge in [-0.15, -0.1) is 0 Å². The Balaban J connectivity index is 1.57. The maximum atomic E-state index is 12.9. The van der Waals surface area contributed by atoms with Gasteiger partial charge in [0.05, 0.1) is 18.0 Å². The van der Waals surface area contributed by atoms with Crippen LogP contribution in [0.5, 0.6) is 0 Å². The second kappa shape index (κ2) is 6.83. The molecule has 0 radical (unpaired) electrons. The highest BCUT2D eigenvalue weighted by atomic mass is 32.1. The molecule has 0 aliphatic heterocycles. The van der Waals surface area contributed by atoms with E-state index in [1.54, 1.807) is 29.7 Å². The summed E-state index contributed by atoms with van der Waals surface area (Å²) in [6.45, 7) is 0.986. The number of H-pyrrole nitrogens is 1. The highest BCUT2D eigenvalue weighted by Crippen LogP contribution is 2.23. The summed E-state index contributed by atoms with van der Waals surface area (Å²) in [6, 6.07) is 7.92. The van der Waals surface area contributed by atoms with E-state index in [9.17, 15) is 9.50 Å². The number of rotatable bonds is 6. The summed E-state index contributed by atoms with van der Waals surface area (Å²) in [7, 11) is 0. The van der Waals surface area contributed by atoms with Gasteiger partial charge in [-0.1, -0.05) is 12.1 Å². The summed E-state index contributed by atoms with van der Waals surface area (Å²) in [5, 5.41) is 24.4. The number of halogens is 1. The molecular formula is C16H16FN3OS. The van der Waals surface area contributed by atoms with E-state index in [0.29, 0.717) is 18.7 Å². The molecule has 1 aromatic carbocycles. The normalized spacial score (nSPS) is 12.5. The van der Waals surface area contributed by atoms with Crippen molar-refractivity contribution in [3.8, 4) is 11.3 Å². The van der Waals surface area contributed by atoms with E-state index in [4.69, 9.17) is 0 Å². The lowest BCUT2D eigenvalue weighted by molar-refractivity contribution is 0.174. The third-order valence-electron chi connectivity index (χ3n) is 3.44. The van der Waals surface area contributed by atoms with Gasteiger partial charge in [-0.25, -0.2) is 4.39 Å². The van der Waals surface area contributed by atoms with Crippen LogP contribution < -0.4 is 5.32 Å². The molecule has 0 aliphatic carbocycles. The Kier molecular flexibility index (Phi) is 4.62. The molecular weight excluding hydrogens is 301 g/mol. The summed E-state index contributed by atoms with van der Waals surface area (Å²) in [5.41, 5.74) is 3.84. The highest BCUT2D eigenvalue weighted by molar-refractivity contribution is 7.08. The number of nitrogens with zero attached hydrogens (tertiary/aromatic N) is 1. The highest BCUT2D eigenvalue weighted by Gasteiger charge is 2.10. The van der Waals surface area contributed by atoms with Crippen LogP contribution in [0.1, 0.15) is 17.2 Å². The molecule has 0 bridgehead atoms. The Bertz CT molecular complexity index is 709. The average molecular weight is 317 g/mol. The Labute approximate surface area is 131 Å². The zero-order valence-corrected chi connectivity index (χ0v) is 12.6. The van der Waals surface area contributed by atoms with Gasteiger partial charge in [0.25, 0.3) is 0 Å². The summed E-state index contributed by atoms with van der Waals surface area (Å²) in [6.07, 6.45) is 1.11. The van der Waals surface area contributed by atoms with Crippen molar-refractivity contribution in [3.63, 3.8) is 0 Å². The third-order valence-corrected chi connectivity index (χ3v) is 4.12. The first-order valence-electron chi connectivity index (χ1n) is 6.93. The van der Waals surface area contributed by atoms with Gasteiger partial charge in [0.15, 0.2) is 0 Å². The first-order chi connectivity index (χ1) is 10.7. The SMILES string of the molecule is O[C@@H](CNCc1cn[nH]c1-c1ccsc1)c1ccc(F)cc1. The molecule has 0 aliphatic rings. The lowest BCUT2D eigenvalue weighted by Crippen LogP contribution is -2.21. The summed E-state index contributed by atoms with van der Waals surface area (Å²) < 4.78 is 12.9. The van der Waals surface area contributed by atoms with E-state index >= 15 is 0 Å². The molecule has 3 aromatic rings. The topological polar surface area (TPSA) is 60.9 Å². The molecule has 0 unspecified atom stereocenters. The van der Waals surface area contributed by atoms with Gasteiger partial charge in [-0.2, -0.15) is 16.4 Å². The van der Waals surface area contributed by atoms with Crippen LogP contribution in [-0.2, 0) is 6.54 Å². The van der Waals surface area contributed by atoms with Crippen molar-refractivity contribution in [2.24, 2.45) is 0 Å². The molecule has 2 heterocycles. The number of hydrogen-bond donors (Lipinski definition) is 3. The fourth-order valence-electron chi connectivity index (χ4n) is 2.25. The minimum absolute atomic E-state index is 0.303. The van der Waals surface area contributed by atoms with Crippen molar-refractivity contribution >= 4 is 11.3 Å². The van der Waals surface area contributed by atoms with Crippen LogP contribution in [-0.4, -0.2) is 21.8 Å². The van der Waals surface area contributed by atoms with Gasteiger partial charge in [-0.05, 0) is 29.1 Å². The molecule has 3 rings (SSSR count). The zero-order valence-electron chi connectivity index (χ0n) is 11.8. The second-order valence-corrected chi connectivity index (χ2v) is 5.76. The molecule has 0 fully saturated rings. The molecule has 0 saturated carbocycles. The third kappa shape index (κ3) is 3.41. The van der Waals surface area contributed by atoms with E-state index in [0.717, 1.165) is 16.8 Å². The first-order valence-corrected chi connectivity index (χ1v) is 7.87. The zero-order chi connectivity index (χ0) is 15.4. The molecule has 22 heavy (non-hydrogen) atoms. The van der Waals surface area contributed by atoms with Crippen molar-refractivity contribution in [3.05, 3.63) is 64.2 Å². The number of benzene rings is 1. The van der Waals surface area contributed by atoms with Crippen molar-refractivity contribution in [2.45, 2.75) is 12.6 Å². The maximum Gasteiger partial charge on any atom is 0.123 e. The molecule has 1 atom stereocenters. The number of aromatic nitrogens is 2. The van der Waals surface area contributed by atoms with E-state index < -0.39 is 6.10 Å². The minimum Gasteiger partial charge on any atom is -0.387 e. The Morgan fingerprint density at radius 1 is 1.27 bits per heavy atom. The van der Waals surface area contributed by atoms with E-state index in [-0.39, 0.29) is 5.82 Å². The average Bonchev–Trinajstić information content (AvgIpc) is 3.18. The molecule has 4 nitrogen and oxygen atoms in total.